The van der Waals surface area contributed by atoms with Crippen molar-refractivity contribution in [1.29, 1.82) is 5.26 Å². The Morgan fingerprint density at radius 1 is 1.22 bits per heavy atom. The largest absolute Gasteiger partial charge is 0.368 e. The smallest absolute Gasteiger partial charge is 0.140 e. The van der Waals surface area contributed by atoms with Gasteiger partial charge in [-0.3, -0.25) is 0 Å². The molecule has 0 amide bonds. The van der Waals surface area contributed by atoms with E-state index >= 15 is 0 Å². The van der Waals surface area contributed by atoms with Gasteiger partial charge in [0.25, 0.3) is 0 Å². The summed E-state index contributed by atoms with van der Waals surface area (Å²) < 4.78 is 13.4. The molecule has 0 aliphatic rings. The number of halogens is 2. The van der Waals surface area contributed by atoms with E-state index in [0.717, 1.165) is 16.8 Å². The highest BCUT2D eigenvalue weighted by atomic mass is 35.5. The lowest BCUT2D eigenvalue weighted by Crippen LogP contribution is -2.21. The van der Waals surface area contributed by atoms with E-state index in [2.05, 4.69) is 15.3 Å². The summed E-state index contributed by atoms with van der Waals surface area (Å²) >= 11 is 6.18. The maximum atomic E-state index is 13.4. The van der Waals surface area contributed by atoms with Crippen LogP contribution < -0.4 is 11.1 Å². The lowest BCUT2D eigenvalue weighted by Gasteiger charge is -2.14. The molecule has 0 fully saturated rings. The molecular weight excluding hydrogens is 365 g/mol. The summed E-state index contributed by atoms with van der Waals surface area (Å²) in [4.78, 5) is 8.47. The number of nitrogens with two attached hydrogens (primary N) is 1. The second kappa shape index (κ2) is 8.12. The fourth-order valence-electron chi connectivity index (χ4n) is 2.56. The molecule has 0 bridgehead atoms. The monoisotopic (exact) mass is 381 g/mol. The number of hydrogen-bond acceptors (Lipinski definition) is 5. The molecule has 0 saturated carbocycles. The highest BCUT2D eigenvalue weighted by molar-refractivity contribution is 6.31. The Bertz CT molecular complexity index is 1020. The first kappa shape index (κ1) is 18.8. The third-order valence-electron chi connectivity index (χ3n) is 4.18. The first-order chi connectivity index (χ1) is 13.0. The molecule has 27 heavy (non-hydrogen) atoms. The topological polar surface area (TPSA) is 87.6 Å². The van der Waals surface area contributed by atoms with Crippen LogP contribution in [0.4, 0.5) is 10.2 Å². The average Bonchev–Trinajstić information content (AvgIpc) is 2.69. The van der Waals surface area contributed by atoms with Gasteiger partial charge in [-0.25, -0.2) is 14.4 Å². The summed E-state index contributed by atoms with van der Waals surface area (Å²) in [7, 11) is 0. The lowest BCUT2D eigenvalue weighted by atomic mass is 10.0. The molecule has 7 heteroatoms. The van der Waals surface area contributed by atoms with Crippen molar-refractivity contribution >= 4 is 17.4 Å². The van der Waals surface area contributed by atoms with E-state index < -0.39 is 11.9 Å². The lowest BCUT2D eigenvalue weighted by molar-refractivity contribution is 0.621. The molecule has 1 atom stereocenters. The van der Waals surface area contributed by atoms with E-state index in [1.54, 1.807) is 12.1 Å². The molecule has 136 valence electrons. The Hall–Kier alpha value is -3.01. The minimum Gasteiger partial charge on any atom is -0.368 e. The fraction of sp³-hybridized carbons (Fsp3) is 0.150. The van der Waals surface area contributed by atoms with Gasteiger partial charge in [-0.15, -0.1) is 0 Å². The van der Waals surface area contributed by atoms with Crippen molar-refractivity contribution in [3.8, 4) is 17.3 Å². The van der Waals surface area contributed by atoms with Crippen molar-refractivity contribution in [3.05, 3.63) is 76.3 Å². The second-order valence-corrected chi connectivity index (χ2v) is 6.50. The van der Waals surface area contributed by atoms with E-state index in [0.29, 0.717) is 22.9 Å². The van der Waals surface area contributed by atoms with Gasteiger partial charge in [-0.2, -0.15) is 5.26 Å². The molecule has 1 aromatic heterocycles. The summed E-state index contributed by atoms with van der Waals surface area (Å²) in [6.07, 6.45) is 1.46. The first-order valence-electron chi connectivity index (χ1n) is 8.25. The molecule has 2 aromatic carbocycles. The highest BCUT2D eigenvalue weighted by Gasteiger charge is 2.11. The summed E-state index contributed by atoms with van der Waals surface area (Å²) in [5, 5.41) is 12.8. The number of aryl methyl sites for hydroxylation is 1. The second-order valence-electron chi connectivity index (χ2n) is 6.09. The Morgan fingerprint density at radius 3 is 2.78 bits per heavy atom. The van der Waals surface area contributed by atoms with Gasteiger partial charge < -0.3 is 11.1 Å². The molecule has 5 nitrogen and oxygen atoms in total. The zero-order chi connectivity index (χ0) is 19.4. The van der Waals surface area contributed by atoms with Crippen LogP contribution in [-0.4, -0.2) is 16.5 Å². The first-order valence-corrected chi connectivity index (χ1v) is 8.63. The standard InChI is InChI=1S/C20H17ClFN5/c1-12-2-3-14(7-16(12)21)19-8-20(27-11-26-19)25-10-18(24)13-4-5-17(22)15(6-13)9-23/h2-8,11,18H,10,24H2,1H3,(H,25,26,27)/t18-/m0/s1. The number of rotatable bonds is 5. The predicted molar refractivity (Wildman–Crippen MR) is 104 cm³/mol. The summed E-state index contributed by atoms with van der Waals surface area (Å²) in [6, 6.07) is 13.2. The maximum Gasteiger partial charge on any atom is 0.140 e. The van der Waals surface area contributed by atoms with Crippen LogP contribution in [0.5, 0.6) is 0 Å². The minimum absolute atomic E-state index is 0.0245. The molecule has 0 radical (unpaired) electrons. The van der Waals surface area contributed by atoms with E-state index in [1.807, 2.05) is 31.2 Å². The normalized spacial score (nSPS) is 11.7. The molecular formula is C20H17ClFN5. The molecule has 0 aliphatic carbocycles. The number of anilines is 1. The molecule has 3 rings (SSSR count). The van der Waals surface area contributed by atoms with E-state index in [-0.39, 0.29) is 5.56 Å². The van der Waals surface area contributed by atoms with E-state index in [1.165, 1.54) is 18.5 Å². The highest BCUT2D eigenvalue weighted by Crippen LogP contribution is 2.25. The summed E-state index contributed by atoms with van der Waals surface area (Å²) in [5.74, 6) is 0.0494. The fourth-order valence-corrected chi connectivity index (χ4v) is 2.74. The summed E-state index contributed by atoms with van der Waals surface area (Å²) in [5.41, 5.74) is 9.40. The number of nitrogens with one attached hydrogen (secondary N) is 1. The molecule has 0 saturated heterocycles. The summed E-state index contributed by atoms with van der Waals surface area (Å²) in [6.45, 7) is 2.30. The number of hydrogen-bond donors (Lipinski definition) is 2. The molecule has 0 unspecified atom stereocenters. The number of benzene rings is 2. The van der Waals surface area contributed by atoms with Gasteiger partial charge in [0.15, 0.2) is 0 Å². The van der Waals surface area contributed by atoms with Crippen molar-refractivity contribution in [1.82, 2.24) is 9.97 Å². The Labute approximate surface area is 161 Å². The quantitative estimate of drug-likeness (QED) is 0.690. The third kappa shape index (κ3) is 4.40. The van der Waals surface area contributed by atoms with Gasteiger partial charge in [0.05, 0.1) is 11.3 Å². The van der Waals surface area contributed by atoms with Crippen molar-refractivity contribution in [2.24, 2.45) is 5.73 Å². The predicted octanol–water partition coefficient (Wildman–Crippen LogP) is 4.23. The van der Waals surface area contributed by atoms with E-state index in [4.69, 9.17) is 22.6 Å². The van der Waals surface area contributed by atoms with Crippen molar-refractivity contribution in [2.45, 2.75) is 13.0 Å². The van der Waals surface area contributed by atoms with Crippen LogP contribution in [0.1, 0.15) is 22.7 Å². The van der Waals surface area contributed by atoms with Gasteiger partial charge in [0.1, 0.15) is 24.0 Å². The average molecular weight is 382 g/mol. The number of nitriles is 1. The van der Waals surface area contributed by atoms with Gasteiger partial charge in [-0.05, 0) is 36.2 Å². The molecule has 3 N–H and O–H groups in total. The van der Waals surface area contributed by atoms with Crippen LogP contribution in [0.15, 0.2) is 48.8 Å². The van der Waals surface area contributed by atoms with Crippen molar-refractivity contribution in [3.63, 3.8) is 0 Å². The number of nitrogens with zero attached hydrogens (tertiary/aromatic N) is 3. The van der Waals surface area contributed by atoms with Crippen molar-refractivity contribution < 1.29 is 4.39 Å². The van der Waals surface area contributed by atoms with Crippen LogP contribution >= 0.6 is 11.6 Å². The molecule has 0 aliphatic heterocycles. The molecule has 1 heterocycles. The number of aromatic nitrogens is 2. The SMILES string of the molecule is Cc1ccc(-c2cc(NC[C@H](N)c3ccc(F)c(C#N)c3)ncn2)cc1Cl. The Balaban J connectivity index is 1.73. The molecule has 3 aromatic rings. The van der Waals surface area contributed by atoms with Crippen molar-refractivity contribution in [2.75, 3.05) is 11.9 Å². The van der Waals surface area contributed by atoms with Crippen LogP contribution in [0.2, 0.25) is 5.02 Å². The van der Waals surface area contributed by atoms with Gasteiger partial charge in [0.2, 0.25) is 0 Å². The van der Waals surface area contributed by atoms with Crippen LogP contribution in [0, 0.1) is 24.1 Å². The van der Waals surface area contributed by atoms with Gasteiger partial charge >= 0.3 is 0 Å². The zero-order valence-electron chi connectivity index (χ0n) is 14.6. The Kier molecular flexibility index (Phi) is 5.65. The van der Waals surface area contributed by atoms with Crippen LogP contribution in [-0.2, 0) is 0 Å². The third-order valence-corrected chi connectivity index (χ3v) is 4.58. The van der Waals surface area contributed by atoms with E-state index in [9.17, 15) is 4.39 Å². The van der Waals surface area contributed by atoms with Crippen LogP contribution in [0.25, 0.3) is 11.3 Å². The minimum atomic E-state index is -0.557. The van der Waals surface area contributed by atoms with Gasteiger partial charge in [0, 0.05) is 29.2 Å². The van der Waals surface area contributed by atoms with Gasteiger partial charge in [-0.1, -0.05) is 29.8 Å². The Morgan fingerprint density at radius 2 is 2.04 bits per heavy atom. The van der Waals surface area contributed by atoms with Crippen LogP contribution in [0.3, 0.4) is 0 Å². The molecule has 0 spiro atoms. The zero-order valence-corrected chi connectivity index (χ0v) is 15.3. The maximum absolute atomic E-state index is 13.4.